The maximum Gasteiger partial charge on any atom is 0.119 e. The Morgan fingerprint density at radius 1 is 0.947 bits per heavy atom. The van der Waals surface area contributed by atoms with E-state index in [1.165, 1.54) is 0 Å². The molecule has 2 aromatic carbocycles. The molecule has 1 atom stereocenters. The summed E-state index contributed by atoms with van der Waals surface area (Å²) >= 11 is 0. The van der Waals surface area contributed by atoms with E-state index in [1.807, 2.05) is 36.4 Å². The molecule has 0 radical (unpaired) electrons. The van der Waals surface area contributed by atoms with Gasteiger partial charge in [-0.2, -0.15) is 0 Å². The number of hydrogen-bond acceptors (Lipinski definition) is 2. The molecule has 19 heavy (non-hydrogen) atoms. The Morgan fingerprint density at radius 2 is 1.47 bits per heavy atom. The number of phenols is 1. The molecule has 2 heteroatoms. The first-order valence-corrected chi connectivity index (χ1v) is 6.71. The van der Waals surface area contributed by atoms with Crippen molar-refractivity contribution in [2.24, 2.45) is 5.92 Å². The lowest BCUT2D eigenvalue weighted by molar-refractivity contribution is 0.256. The van der Waals surface area contributed by atoms with Crippen molar-refractivity contribution in [1.29, 1.82) is 0 Å². The van der Waals surface area contributed by atoms with Gasteiger partial charge in [-0.25, -0.2) is 0 Å². The highest BCUT2D eigenvalue weighted by Crippen LogP contribution is 2.24. The molecule has 0 bridgehead atoms. The van der Waals surface area contributed by atoms with Crippen LogP contribution in [0.2, 0.25) is 0 Å². The third-order valence-corrected chi connectivity index (χ3v) is 3.29. The predicted octanol–water partition coefficient (Wildman–Crippen LogP) is 4.48. The molecule has 0 saturated heterocycles. The zero-order valence-corrected chi connectivity index (χ0v) is 11.5. The molecule has 2 aromatic rings. The maximum absolute atomic E-state index is 9.27. The fraction of sp³-hybridized carbons (Fsp3) is 0.294. The van der Waals surface area contributed by atoms with Crippen LogP contribution >= 0.6 is 0 Å². The maximum atomic E-state index is 9.27. The van der Waals surface area contributed by atoms with Crippen molar-refractivity contribution in [3.63, 3.8) is 0 Å². The van der Waals surface area contributed by atoms with Gasteiger partial charge in [0.15, 0.2) is 0 Å². The van der Waals surface area contributed by atoms with Crippen molar-refractivity contribution in [2.45, 2.75) is 20.3 Å². The molecule has 0 unspecified atom stereocenters. The summed E-state index contributed by atoms with van der Waals surface area (Å²) in [5.74, 6) is 1.77. The summed E-state index contributed by atoms with van der Waals surface area (Å²) in [7, 11) is 0. The molecule has 2 nitrogen and oxygen atoms in total. The Balaban J connectivity index is 2.04. The number of benzene rings is 2. The first-order valence-electron chi connectivity index (χ1n) is 6.71. The van der Waals surface area contributed by atoms with Gasteiger partial charge in [0.05, 0.1) is 6.61 Å². The number of ether oxygens (including phenoxy) is 1. The molecule has 0 aromatic heterocycles. The summed E-state index contributed by atoms with van der Waals surface area (Å²) in [5, 5.41) is 9.27. The molecule has 100 valence electrons. The van der Waals surface area contributed by atoms with Gasteiger partial charge in [0.2, 0.25) is 0 Å². The van der Waals surface area contributed by atoms with Crippen LogP contribution in [0.1, 0.15) is 20.3 Å². The van der Waals surface area contributed by atoms with Crippen LogP contribution in [0.15, 0.2) is 48.5 Å². The largest absolute Gasteiger partial charge is 0.508 e. The molecule has 1 N–H and O–H groups in total. The Bertz CT molecular complexity index is 500. The second-order valence-electron chi connectivity index (χ2n) is 4.90. The summed E-state index contributed by atoms with van der Waals surface area (Å²) in [6.07, 6.45) is 1.13. The van der Waals surface area contributed by atoms with E-state index in [4.69, 9.17) is 4.74 Å². The van der Waals surface area contributed by atoms with Crippen molar-refractivity contribution in [3.8, 4) is 22.6 Å². The average Bonchev–Trinajstić information content (AvgIpc) is 2.46. The van der Waals surface area contributed by atoms with E-state index >= 15 is 0 Å². The zero-order chi connectivity index (χ0) is 13.7. The van der Waals surface area contributed by atoms with Gasteiger partial charge in [-0.15, -0.1) is 0 Å². The van der Waals surface area contributed by atoms with Gasteiger partial charge in [-0.05, 0) is 41.3 Å². The first kappa shape index (κ1) is 13.5. The molecule has 2 rings (SSSR count). The van der Waals surface area contributed by atoms with Gasteiger partial charge in [0.25, 0.3) is 0 Å². The lowest BCUT2D eigenvalue weighted by Crippen LogP contribution is -2.06. The number of hydrogen-bond donors (Lipinski definition) is 1. The highest BCUT2D eigenvalue weighted by molar-refractivity contribution is 5.64. The Morgan fingerprint density at radius 3 is 2.00 bits per heavy atom. The van der Waals surface area contributed by atoms with E-state index in [2.05, 4.69) is 13.8 Å². The lowest BCUT2D eigenvalue weighted by atomic mass is 10.1. The fourth-order valence-electron chi connectivity index (χ4n) is 1.75. The molecular weight excluding hydrogens is 236 g/mol. The molecular formula is C17H20O2. The molecule has 0 spiro atoms. The molecule has 0 amide bonds. The Labute approximate surface area is 114 Å². The highest BCUT2D eigenvalue weighted by Gasteiger charge is 2.02. The van der Waals surface area contributed by atoms with E-state index in [1.54, 1.807) is 12.1 Å². The third-order valence-electron chi connectivity index (χ3n) is 3.29. The van der Waals surface area contributed by atoms with E-state index in [9.17, 15) is 5.11 Å². The van der Waals surface area contributed by atoms with Crippen molar-refractivity contribution in [1.82, 2.24) is 0 Å². The standard InChI is InChI=1S/C17H20O2/c1-3-13(2)12-19-17-10-6-15(7-11-17)14-4-8-16(18)9-5-14/h4-11,13,18H,3,12H2,1-2H3/t13-/m0/s1. The minimum absolute atomic E-state index is 0.289. The summed E-state index contributed by atoms with van der Waals surface area (Å²) < 4.78 is 5.73. The second-order valence-corrected chi connectivity index (χ2v) is 4.90. The van der Waals surface area contributed by atoms with Crippen molar-refractivity contribution < 1.29 is 9.84 Å². The zero-order valence-electron chi connectivity index (χ0n) is 11.5. The van der Waals surface area contributed by atoms with Crippen LogP contribution in [-0.4, -0.2) is 11.7 Å². The minimum Gasteiger partial charge on any atom is -0.508 e. The van der Waals surface area contributed by atoms with Crippen LogP contribution in [0.4, 0.5) is 0 Å². The molecule has 0 aliphatic heterocycles. The monoisotopic (exact) mass is 256 g/mol. The smallest absolute Gasteiger partial charge is 0.119 e. The van der Waals surface area contributed by atoms with E-state index < -0.39 is 0 Å². The predicted molar refractivity (Wildman–Crippen MR) is 78.5 cm³/mol. The molecule has 0 fully saturated rings. The highest BCUT2D eigenvalue weighted by atomic mass is 16.5. The first-order chi connectivity index (χ1) is 9.19. The molecule has 0 saturated carbocycles. The van der Waals surface area contributed by atoms with Gasteiger partial charge < -0.3 is 9.84 Å². The molecule has 0 heterocycles. The van der Waals surface area contributed by atoms with Crippen molar-refractivity contribution >= 4 is 0 Å². The lowest BCUT2D eigenvalue weighted by Gasteiger charge is -2.11. The quantitative estimate of drug-likeness (QED) is 0.854. The van der Waals surface area contributed by atoms with Gasteiger partial charge in [0.1, 0.15) is 11.5 Å². The molecule has 0 aliphatic carbocycles. The van der Waals surface area contributed by atoms with Crippen LogP contribution < -0.4 is 4.74 Å². The van der Waals surface area contributed by atoms with Gasteiger partial charge >= 0.3 is 0 Å². The number of aromatic hydroxyl groups is 1. The van der Waals surface area contributed by atoms with E-state index in [0.717, 1.165) is 29.9 Å². The molecule has 0 aliphatic rings. The van der Waals surface area contributed by atoms with Crippen molar-refractivity contribution in [2.75, 3.05) is 6.61 Å². The normalized spacial score (nSPS) is 12.1. The van der Waals surface area contributed by atoms with Crippen LogP contribution in [0.5, 0.6) is 11.5 Å². The fourth-order valence-corrected chi connectivity index (χ4v) is 1.75. The average molecular weight is 256 g/mol. The van der Waals surface area contributed by atoms with Crippen LogP contribution in [0, 0.1) is 5.92 Å². The number of phenolic OH excluding ortho intramolecular Hbond substituents is 1. The van der Waals surface area contributed by atoms with Crippen LogP contribution in [0.3, 0.4) is 0 Å². The summed E-state index contributed by atoms with van der Waals surface area (Å²) in [6.45, 7) is 5.11. The minimum atomic E-state index is 0.289. The summed E-state index contributed by atoms with van der Waals surface area (Å²) in [4.78, 5) is 0. The summed E-state index contributed by atoms with van der Waals surface area (Å²) in [6, 6.07) is 15.3. The SMILES string of the molecule is CC[C@H](C)COc1ccc(-c2ccc(O)cc2)cc1. The van der Waals surface area contributed by atoms with E-state index in [-0.39, 0.29) is 5.75 Å². The van der Waals surface area contributed by atoms with Gasteiger partial charge in [-0.1, -0.05) is 44.5 Å². The van der Waals surface area contributed by atoms with Gasteiger partial charge in [0, 0.05) is 0 Å². The Hall–Kier alpha value is -1.96. The van der Waals surface area contributed by atoms with Gasteiger partial charge in [-0.3, -0.25) is 0 Å². The Kier molecular flexibility index (Phi) is 4.45. The summed E-state index contributed by atoms with van der Waals surface area (Å²) in [5.41, 5.74) is 2.21. The topological polar surface area (TPSA) is 29.5 Å². The third kappa shape index (κ3) is 3.75. The van der Waals surface area contributed by atoms with Crippen molar-refractivity contribution in [3.05, 3.63) is 48.5 Å². The van der Waals surface area contributed by atoms with Crippen LogP contribution in [-0.2, 0) is 0 Å². The second kappa shape index (κ2) is 6.28. The number of rotatable bonds is 5. The van der Waals surface area contributed by atoms with E-state index in [0.29, 0.717) is 5.92 Å². The van der Waals surface area contributed by atoms with Crippen LogP contribution in [0.25, 0.3) is 11.1 Å².